The van der Waals surface area contributed by atoms with E-state index >= 15 is 0 Å². The topological polar surface area (TPSA) is 46.0 Å². The molecule has 1 aromatic heterocycles. The van der Waals surface area contributed by atoms with Crippen LogP contribution in [0.25, 0.3) is 0 Å². The van der Waals surface area contributed by atoms with Crippen molar-refractivity contribution in [3.63, 3.8) is 0 Å². The summed E-state index contributed by atoms with van der Waals surface area (Å²) in [6.07, 6.45) is 4.47. The fraction of sp³-hybridized carbons (Fsp3) is 0.875. The highest BCUT2D eigenvalue weighted by molar-refractivity contribution is 4.99. The predicted octanol–water partition coefficient (Wildman–Crippen LogP) is 1.90. The Morgan fingerprint density at radius 1 is 1.33 bits per heavy atom. The highest BCUT2D eigenvalue weighted by Gasteiger charge is 2.41. The Kier molecular flexibility index (Phi) is 4.06. The van der Waals surface area contributed by atoms with Gasteiger partial charge in [-0.05, 0) is 31.1 Å². The third-order valence-electron chi connectivity index (χ3n) is 5.01. The maximum Gasteiger partial charge on any atom is 0.141 e. The largest absolute Gasteiger partial charge is 0.311 e. The zero-order valence-electron chi connectivity index (χ0n) is 13.8. The number of nitrogens with zero attached hydrogens (tertiary/aromatic N) is 4. The van der Waals surface area contributed by atoms with E-state index in [1.54, 1.807) is 6.33 Å². The van der Waals surface area contributed by atoms with E-state index in [0.717, 1.165) is 37.9 Å². The van der Waals surface area contributed by atoms with E-state index in [1.807, 2.05) is 4.68 Å². The molecule has 1 saturated carbocycles. The molecule has 1 aromatic rings. The van der Waals surface area contributed by atoms with Gasteiger partial charge in [-0.3, -0.25) is 4.90 Å². The first-order chi connectivity index (χ1) is 9.99. The van der Waals surface area contributed by atoms with Gasteiger partial charge in [0, 0.05) is 31.7 Å². The highest BCUT2D eigenvalue weighted by atomic mass is 15.4. The van der Waals surface area contributed by atoms with Crippen LogP contribution in [0, 0.1) is 11.3 Å². The Hall–Kier alpha value is -0.940. The van der Waals surface area contributed by atoms with Crippen LogP contribution in [-0.2, 0) is 13.1 Å². The van der Waals surface area contributed by atoms with Gasteiger partial charge in [0.1, 0.15) is 12.2 Å². The van der Waals surface area contributed by atoms with Crippen LogP contribution in [-0.4, -0.2) is 44.8 Å². The fourth-order valence-electron chi connectivity index (χ4n) is 3.39. The Bertz CT molecular complexity index is 471. The molecule has 1 N–H and O–H groups in total. The van der Waals surface area contributed by atoms with Crippen molar-refractivity contribution in [2.45, 2.75) is 65.7 Å². The van der Waals surface area contributed by atoms with E-state index in [-0.39, 0.29) is 0 Å². The molecule has 5 heteroatoms. The average Bonchev–Trinajstić information content (AvgIpc) is 3.18. The van der Waals surface area contributed by atoms with Crippen molar-refractivity contribution in [2.24, 2.45) is 11.3 Å². The van der Waals surface area contributed by atoms with Gasteiger partial charge in [0.2, 0.25) is 0 Å². The van der Waals surface area contributed by atoms with Crippen molar-refractivity contribution >= 4 is 0 Å². The van der Waals surface area contributed by atoms with E-state index in [2.05, 4.69) is 48.0 Å². The first-order valence-electron chi connectivity index (χ1n) is 8.33. The minimum absolute atomic E-state index is 0.297. The molecule has 118 valence electrons. The Morgan fingerprint density at radius 2 is 2.10 bits per heavy atom. The van der Waals surface area contributed by atoms with Crippen LogP contribution in [0.5, 0.6) is 0 Å². The normalized spacial score (nSPS) is 28.0. The number of hydrogen-bond acceptors (Lipinski definition) is 4. The van der Waals surface area contributed by atoms with Crippen molar-refractivity contribution < 1.29 is 0 Å². The van der Waals surface area contributed by atoms with E-state index in [9.17, 15) is 0 Å². The number of nitrogens with one attached hydrogen (secondary N) is 1. The third kappa shape index (κ3) is 3.29. The predicted molar refractivity (Wildman–Crippen MR) is 83.9 cm³/mol. The molecular formula is C16H29N5. The van der Waals surface area contributed by atoms with Gasteiger partial charge in [-0.25, -0.2) is 9.67 Å². The van der Waals surface area contributed by atoms with Gasteiger partial charge in [-0.15, -0.1) is 0 Å². The summed E-state index contributed by atoms with van der Waals surface area (Å²) in [4.78, 5) is 7.13. The maximum atomic E-state index is 4.47. The summed E-state index contributed by atoms with van der Waals surface area (Å²) in [5.74, 6) is 1.99. The molecule has 1 aliphatic carbocycles. The monoisotopic (exact) mass is 291 g/mol. The number of hydrogen-bond donors (Lipinski definition) is 1. The molecule has 0 radical (unpaired) electrons. The van der Waals surface area contributed by atoms with E-state index in [1.165, 1.54) is 12.8 Å². The van der Waals surface area contributed by atoms with Gasteiger partial charge < -0.3 is 5.32 Å². The van der Waals surface area contributed by atoms with Gasteiger partial charge >= 0.3 is 0 Å². The summed E-state index contributed by atoms with van der Waals surface area (Å²) in [6, 6.07) is 1.22. The van der Waals surface area contributed by atoms with E-state index < -0.39 is 0 Å². The van der Waals surface area contributed by atoms with Gasteiger partial charge in [0.05, 0.1) is 6.54 Å². The maximum absolute atomic E-state index is 4.47. The summed E-state index contributed by atoms with van der Waals surface area (Å²) < 4.78 is 2.03. The fourth-order valence-corrected chi connectivity index (χ4v) is 3.39. The molecule has 0 aromatic carbocycles. The van der Waals surface area contributed by atoms with Crippen LogP contribution >= 0.6 is 0 Å². The average molecular weight is 291 g/mol. The van der Waals surface area contributed by atoms with Crippen LogP contribution in [0.4, 0.5) is 0 Å². The van der Waals surface area contributed by atoms with Crippen LogP contribution in [0.2, 0.25) is 0 Å². The van der Waals surface area contributed by atoms with Crippen molar-refractivity contribution in [1.82, 2.24) is 25.0 Å². The number of rotatable bonds is 4. The Labute approximate surface area is 128 Å². The minimum atomic E-state index is 0.297. The molecule has 2 heterocycles. The Balaban J connectivity index is 1.74. The van der Waals surface area contributed by atoms with Crippen molar-refractivity contribution in [3.05, 3.63) is 12.2 Å². The zero-order chi connectivity index (χ0) is 15.0. The molecule has 1 aliphatic heterocycles. The molecular weight excluding hydrogens is 262 g/mol. The molecule has 3 rings (SSSR count). The molecule has 2 atom stereocenters. The molecule has 21 heavy (non-hydrogen) atoms. The van der Waals surface area contributed by atoms with E-state index in [0.29, 0.717) is 17.5 Å². The third-order valence-corrected chi connectivity index (χ3v) is 5.01. The standard InChI is InChI=1S/C16H29N5/c1-5-21-15(18-11-19-21)10-20-9-14(16(2,3)4)17-8-13(20)12-6-7-12/h11-14,17H,5-10H2,1-4H3. The van der Waals surface area contributed by atoms with E-state index in [4.69, 9.17) is 0 Å². The number of aryl methyl sites for hydroxylation is 1. The second kappa shape index (κ2) is 5.69. The summed E-state index contributed by atoms with van der Waals surface area (Å²) in [5.41, 5.74) is 0.297. The van der Waals surface area contributed by atoms with Crippen molar-refractivity contribution in [3.8, 4) is 0 Å². The van der Waals surface area contributed by atoms with Crippen molar-refractivity contribution in [2.75, 3.05) is 13.1 Å². The molecule has 1 saturated heterocycles. The number of aromatic nitrogens is 3. The summed E-state index contributed by atoms with van der Waals surface area (Å²) in [6.45, 7) is 13.2. The van der Waals surface area contributed by atoms with Gasteiger partial charge in [0.15, 0.2) is 0 Å². The summed E-state index contributed by atoms with van der Waals surface area (Å²) >= 11 is 0. The summed E-state index contributed by atoms with van der Waals surface area (Å²) in [5, 5.41) is 8.10. The molecule has 2 unspecified atom stereocenters. The molecule has 2 fully saturated rings. The van der Waals surface area contributed by atoms with Gasteiger partial charge in [0.25, 0.3) is 0 Å². The van der Waals surface area contributed by atoms with Gasteiger partial charge in [-0.2, -0.15) is 5.10 Å². The smallest absolute Gasteiger partial charge is 0.141 e. The zero-order valence-corrected chi connectivity index (χ0v) is 13.8. The molecule has 5 nitrogen and oxygen atoms in total. The Morgan fingerprint density at radius 3 is 2.71 bits per heavy atom. The first kappa shape index (κ1) is 15.0. The minimum Gasteiger partial charge on any atom is -0.311 e. The molecule has 2 aliphatic rings. The molecule has 0 spiro atoms. The highest BCUT2D eigenvalue weighted by Crippen LogP contribution is 2.38. The second-order valence-corrected chi connectivity index (χ2v) is 7.65. The number of piperazine rings is 1. The SMILES string of the molecule is CCn1ncnc1CN1CC(C(C)(C)C)NCC1C1CC1. The van der Waals surface area contributed by atoms with Crippen LogP contribution < -0.4 is 5.32 Å². The van der Waals surface area contributed by atoms with Crippen molar-refractivity contribution in [1.29, 1.82) is 0 Å². The first-order valence-corrected chi connectivity index (χ1v) is 8.33. The lowest BCUT2D eigenvalue weighted by atomic mass is 9.84. The van der Waals surface area contributed by atoms with Crippen LogP contribution in [0.3, 0.4) is 0 Å². The quantitative estimate of drug-likeness (QED) is 0.920. The molecule has 0 bridgehead atoms. The summed E-state index contributed by atoms with van der Waals surface area (Å²) in [7, 11) is 0. The lowest BCUT2D eigenvalue weighted by molar-refractivity contribution is 0.0657. The van der Waals surface area contributed by atoms with Gasteiger partial charge in [-0.1, -0.05) is 20.8 Å². The second-order valence-electron chi connectivity index (χ2n) is 7.65. The molecule has 0 amide bonds. The van der Waals surface area contributed by atoms with Crippen LogP contribution in [0.1, 0.15) is 46.4 Å². The lowest BCUT2D eigenvalue weighted by Crippen LogP contribution is -2.60. The van der Waals surface area contributed by atoms with Crippen LogP contribution in [0.15, 0.2) is 6.33 Å². The lowest BCUT2D eigenvalue weighted by Gasteiger charge is -2.45.